The Balaban J connectivity index is 2.03. The molecule has 1 aromatic rings. The van der Waals surface area contributed by atoms with Crippen LogP contribution in [0.25, 0.3) is 0 Å². The molecule has 0 aliphatic carbocycles. The summed E-state index contributed by atoms with van der Waals surface area (Å²) in [6, 6.07) is 3.61. The predicted octanol–water partition coefficient (Wildman–Crippen LogP) is 1.27. The first-order valence-electron chi connectivity index (χ1n) is 11.9. The van der Waals surface area contributed by atoms with E-state index in [0.29, 0.717) is 5.92 Å². The van der Waals surface area contributed by atoms with E-state index in [1.807, 2.05) is 13.8 Å². The van der Waals surface area contributed by atoms with Crippen molar-refractivity contribution in [2.24, 2.45) is 23.5 Å². The third-order valence-corrected chi connectivity index (χ3v) is 7.62. The van der Waals surface area contributed by atoms with Gasteiger partial charge in [-0.05, 0) is 54.4 Å². The molecule has 2 aliphatic rings. The molecule has 2 N–H and O–H groups in total. The van der Waals surface area contributed by atoms with Crippen LogP contribution >= 0.6 is 0 Å². The highest BCUT2D eigenvalue weighted by Gasteiger charge is 2.54. The lowest BCUT2D eigenvalue weighted by Crippen LogP contribution is -2.66. The number of esters is 1. The minimum atomic E-state index is -0.611. The molecule has 1 saturated heterocycles. The monoisotopic (exact) mass is 442 g/mol. The first kappa shape index (κ1) is 25.0. The molecule has 4 atom stereocenters. The van der Waals surface area contributed by atoms with Crippen LogP contribution in [0.3, 0.4) is 0 Å². The third kappa shape index (κ3) is 4.54. The molecule has 0 radical (unpaired) electrons. The van der Waals surface area contributed by atoms with E-state index >= 15 is 0 Å². The van der Waals surface area contributed by atoms with Gasteiger partial charge in [0.1, 0.15) is 13.9 Å². The number of fused-ring (bicyclic) bond motifs is 3. The maximum absolute atomic E-state index is 13.0. The smallest absolute Gasteiger partial charge is 0.322 e. The Bertz CT molecular complexity index is 850. The molecule has 0 bridgehead atoms. The number of carbonyl (C=O) groups is 1. The fourth-order valence-corrected chi connectivity index (χ4v) is 5.67. The van der Waals surface area contributed by atoms with Gasteiger partial charge in [0.05, 0.1) is 19.7 Å². The van der Waals surface area contributed by atoms with Gasteiger partial charge < -0.3 is 24.8 Å². The molecule has 0 saturated carbocycles. The number of piperidine rings is 1. The number of methoxy groups -OCH3 is 2. The number of rotatable bonds is 7. The van der Waals surface area contributed by atoms with E-state index in [0.717, 1.165) is 43.9 Å². The van der Waals surface area contributed by atoms with Crippen LogP contribution in [-0.2, 0) is 21.4 Å². The zero-order chi connectivity index (χ0) is 23.8. The fourth-order valence-electron chi connectivity index (χ4n) is 5.67. The van der Waals surface area contributed by atoms with E-state index in [1.165, 1.54) is 11.1 Å². The normalized spacial score (nSPS) is 28.7. The van der Waals surface area contributed by atoms with Gasteiger partial charge in [-0.15, -0.1) is 0 Å². The Morgan fingerprint density at radius 3 is 2.38 bits per heavy atom. The molecule has 2 heterocycles. The molecule has 1 fully saturated rings. The largest absolute Gasteiger partial charge is 0.493 e. The van der Waals surface area contributed by atoms with Gasteiger partial charge in [0, 0.05) is 24.4 Å². The first-order chi connectivity index (χ1) is 14.9. The van der Waals surface area contributed by atoms with E-state index < -0.39 is 11.5 Å². The standard InChI is InChI=1S/C24H40B2N2O4/c1-14(2)9-17-12-28-8-7-16-10-19(30-5)20(31-6)11-18(16)23(28,25)13-24(17,26)32-22(29)21(27)15(3)4/h10-11,14-15,17,21H,7-9,12-13,25-27H2,1-6H3/t17?,21-,23?,24?/m0/s1. The lowest BCUT2D eigenvalue weighted by molar-refractivity contribution is -0.168. The van der Waals surface area contributed by atoms with Crippen molar-refractivity contribution in [2.45, 2.75) is 63.9 Å². The number of benzene rings is 1. The Morgan fingerprint density at radius 1 is 1.19 bits per heavy atom. The van der Waals surface area contributed by atoms with Gasteiger partial charge in [0.2, 0.25) is 0 Å². The Hall–Kier alpha value is -1.66. The van der Waals surface area contributed by atoms with Crippen molar-refractivity contribution in [1.29, 1.82) is 0 Å². The van der Waals surface area contributed by atoms with Crippen molar-refractivity contribution in [3.05, 3.63) is 23.3 Å². The van der Waals surface area contributed by atoms with Crippen molar-refractivity contribution in [3.8, 4) is 11.5 Å². The van der Waals surface area contributed by atoms with Gasteiger partial charge >= 0.3 is 5.97 Å². The highest BCUT2D eigenvalue weighted by Crippen LogP contribution is 2.49. The maximum atomic E-state index is 13.0. The summed E-state index contributed by atoms with van der Waals surface area (Å²) < 4.78 is 17.5. The van der Waals surface area contributed by atoms with Crippen molar-refractivity contribution in [1.82, 2.24) is 4.90 Å². The minimum Gasteiger partial charge on any atom is -0.493 e. The quantitative estimate of drug-likeness (QED) is 0.507. The van der Waals surface area contributed by atoms with Gasteiger partial charge in [0.15, 0.2) is 19.3 Å². The van der Waals surface area contributed by atoms with Gasteiger partial charge in [-0.1, -0.05) is 27.7 Å². The minimum absolute atomic E-state index is 0.0393. The van der Waals surface area contributed by atoms with Crippen LogP contribution in [0.4, 0.5) is 0 Å². The molecule has 0 amide bonds. The summed E-state index contributed by atoms with van der Waals surface area (Å²) in [6.45, 7) is 10.3. The first-order valence-corrected chi connectivity index (χ1v) is 11.9. The van der Waals surface area contributed by atoms with Crippen LogP contribution in [0, 0.1) is 17.8 Å². The average Bonchev–Trinajstić information content (AvgIpc) is 2.72. The van der Waals surface area contributed by atoms with E-state index in [9.17, 15) is 4.79 Å². The Morgan fingerprint density at radius 2 is 1.81 bits per heavy atom. The topological polar surface area (TPSA) is 74.0 Å². The van der Waals surface area contributed by atoms with Gasteiger partial charge in [-0.3, -0.25) is 4.79 Å². The Labute approximate surface area is 195 Å². The summed E-state index contributed by atoms with van der Waals surface area (Å²) in [5.74, 6) is 2.00. The molecule has 3 unspecified atom stereocenters. The highest BCUT2D eigenvalue weighted by atomic mass is 16.6. The van der Waals surface area contributed by atoms with E-state index in [1.54, 1.807) is 14.2 Å². The molecule has 0 aromatic heterocycles. The lowest BCUT2D eigenvalue weighted by Gasteiger charge is -2.58. The number of nitrogens with two attached hydrogens (primary N) is 1. The SMILES string of the molecule is BC1(OC(=O)[C@@H](N)C(C)C)CC2(B)c3cc(OC)c(OC)cc3CCN2CC1CC(C)C. The highest BCUT2D eigenvalue weighted by molar-refractivity contribution is 6.20. The summed E-state index contributed by atoms with van der Waals surface area (Å²) in [4.78, 5) is 15.6. The summed E-state index contributed by atoms with van der Waals surface area (Å²) in [6.07, 6.45) is 2.69. The summed E-state index contributed by atoms with van der Waals surface area (Å²) in [7, 11) is 7.73. The predicted molar refractivity (Wildman–Crippen MR) is 133 cm³/mol. The van der Waals surface area contributed by atoms with Crippen LogP contribution in [0.2, 0.25) is 0 Å². The Kier molecular flexibility index (Phi) is 7.26. The summed E-state index contributed by atoms with van der Waals surface area (Å²) >= 11 is 0. The zero-order valence-corrected chi connectivity index (χ0v) is 21.2. The summed E-state index contributed by atoms with van der Waals surface area (Å²) in [5.41, 5.74) is 7.83. The second-order valence-corrected chi connectivity index (χ2v) is 10.8. The molecule has 1 aromatic carbocycles. The molecule has 8 heteroatoms. The molecular weight excluding hydrogens is 402 g/mol. The van der Waals surface area contributed by atoms with E-state index in [2.05, 4.69) is 46.6 Å². The van der Waals surface area contributed by atoms with Crippen LogP contribution in [-0.4, -0.2) is 65.4 Å². The van der Waals surface area contributed by atoms with E-state index in [4.69, 9.17) is 19.9 Å². The fraction of sp³-hybridized carbons (Fsp3) is 0.708. The average molecular weight is 442 g/mol. The van der Waals surface area contributed by atoms with Crippen molar-refractivity contribution in [2.75, 3.05) is 27.3 Å². The van der Waals surface area contributed by atoms with Crippen LogP contribution in [0.1, 0.15) is 51.7 Å². The van der Waals surface area contributed by atoms with Gasteiger partial charge in [0.25, 0.3) is 0 Å². The summed E-state index contributed by atoms with van der Waals surface area (Å²) in [5, 5.41) is 0. The number of carbonyl (C=O) groups excluding carboxylic acids is 1. The van der Waals surface area contributed by atoms with Crippen LogP contribution in [0.15, 0.2) is 12.1 Å². The molecule has 2 aliphatic heterocycles. The van der Waals surface area contributed by atoms with E-state index in [-0.39, 0.29) is 23.2 Å². The molecule has 6 nitrogen and oxygen atoms in total. The second-order valence-electron chi connectivity index (χ2n) is 10.8. The second kappa shape index (κ2) is 9.30. The molecule has 3 rings (SSSR count). The van der Waals surface area contributed by atoms with Crippen molar-refractivity contribution < 1.29 is 19.0 Å². The molecule has 32 heavy (non-hydrogen) atoms. The number of ether oxygens (including phenoxy) is 3. The van der Waals surface area contributed by atoms with Gasteiger partial charge in [-0.25, -0.2) is 0 Å². The lowest BCUT2D eigenvalue weighted by atomic mass is 9.51. The zero-order valence-electron chi connectivity index (χ0n) is 21.2. The molecular formula is C24H40B2N2O4. The molecule has 0 spiro atoms. The van der Waals surface area contributed by atoms with Gasteiger partial charge in [-0.2, -0.15) is 0 Å². The van der Waals surface area contributed by atoms with Crippen LogP contribution < -0.4 is 15.2 Å². The number of hydrogen-bond acceptors (Lipinski definition) is 6. The number of nitrogens with zero attached hydrogens (tertiary/aromatic N) is 1. The van der Waals surface area contributed by atoms with Crippen LogP contribution in [0.5, 0.6) is 11.5 Å². The van der Waals surface area contributed by atoms with Crippen molar-refractivity contribution >= 4 is 21.7 Å². The molecule has 176 valence electrons. The third-order valence-electron chi connectivity index (χ3n) is 7.62. The number of hydrogen-bond donors (Lipinski definition) is 1. The van der Waals surface area contributed by atoms with Crippen molar-refractivity contribution in [3.63, 3.8) is 0 Å². The maximum Gasteiger partial charge on any atom is 0.322 e.